The summed E-state index contributed by atoms with van der Waals surface area (Å²) in [5, 5.41) is 3.55. The minimum atomic E-state index is 0.400. The summed E-state index contributed by atoms with van der Waals surface area (Å²) in [4.78, 5) is 0. The van der Waals surface area contributed by atoms with Gasteiger partial charge in [0.1, 0.15) is 0 Å². The van der Waals surface area contributed by atoms with Crippen molar-refractivity contribution < 1.29 is 0 Å². The number of aromatic nitrogens is 2. The van der Waals surface area contributed by atoms with Crippen LogP contribution in [-0.4, -0.2) is 15.3 Å². The van der Waals surface area contributed by atoms with Crippen LogP contribution in [-0.2, 0) is 0 Å². The molecule has 0 aliphatic heterocycles. The Bertz CT molecular complexity index is 259. The van der Waals surface area contributed by atoms with Crippen molar-refractivity contribution in [3.63, 3.8) is 0 Å². The zero-order valence-corrected chi connectivity index (χ0v) is 11.4. The van der Waals surface area contributed by atoms with Crippen LogP contribution in [0.1, 0.15) is 58.2 Å². The van der Waals surface area contributed by atoms with Crippen LogP contribution < -0.4 is 5.32 Å². The molecule has 0 saturated carbocycles. The summed E-state index contributed by atoms with van der Waals surface area (Å²) in [6, 6.07) is 0.400. The zero-order valence-electron chi connectivity index (χ0n) is 10.6. The molecular formula is C12H23N3S. The van der Waals surface area contributed by atoms with Crippen LogP contribution in [0.25, 0.3) is 0 Å². The summed E-state index contributed by atoms with van der Waals surface area (Å²) in [7, 11) is 0. The maximum absolute atomic E-state index is 4.34. The lowest BCUT2D eigenvalue weighted by molar-refractivity contribution is 0.443. The molecular weight excluding hydrogens is 218 g/mol. The molecule has 1 rings (SSSR count). The topological polar surface area (TPSA) is 37.8 Å². The van der Waals surface area contributed by atoms with Crippen molar-refractivity contribution in [1.82, 2.24) is 14.1 Å². The molecule has 1 unspecified atom stereocenters. The highest BCUT2D eigenvalue weighted by atomic mass is 32.1. The summed E-state index contributed by atoms with van der Waals surface area (Å²) in [5.74, 6) is 0.792. The predicted octanol–water partition coefficient (Wildman–Crippen LogP) is 3.41. The van der Waals surface area contributed by atoms with Crippen molar-refractivity contribution in [2.24, 2.45) is 5.92 Å². The van der Waals surface area contributed by atoms with Gasteiger partial charge in [0, 0.05) is 0 Å². The predicted molar refractivity (Wildman–Crippen MR) is 69.6 cm³/mol. The third-order valence-electron chi connectivity index (χ3n) is 2.65. The SMILES string of the molecule is CCCNC(CCCC(C)C)c1cnsn1. The molecule has 16 heavy (non-hydrogen) atoms. The van der Waals surface area contributed by atoms with E-state index >= 15 is 0 Å². The Balaban J connectivity index is 2.38. The molecule has 3 nitrogen and oxygen atoms in total. The molecule has 0 bridgehead atoms. The van der Waals surface area contributed by atoms with E-state index in [4.69, 9.17) is 0 Å². The molecule has 1 aromatic heterocycles. The molecule has 0 amide bonds. The van der Waals surface area contributed by atoms with E-state index in [1.54, 1.807) is 0 Å². The molecule has 1 aromatic rings. The number of nitrogens with zero attached hydrogens (tertiary/aromatic N) is 2. The second-order valence-electron chi connectivity index (χ2n) is 4.66. The van der Waals surface area contributed by atoms with Gasteiger partial charge >= 0.3 is 0 Å². The molecule has 0 spiro atoms. The van der Waals surface area contributed by atoms with Crippen LogP contribution in [0, 0.1) is 5.92 Å². The Morgan fingerprint density at radius 2 is 2.19 bits per heavy atom. The molecule has 92 valence electrons. The first-order valence-electron chi connectivity index (χ1n) is 6.24. The van der Waals surface area contributed by atoms with E-state index in [-0.39, 0.29) is 0 Å². The first-order chi connectivity index (χ1) is 7.74. The van der Waals surface area contributed by atoms with Crippen LogP contribution >= 0.6 is 11.7 Å². The van der Waals surface area contributed by atoms with Crippen LogP contribution in [0.2, 0.25) is 0 Å². The fraction of sp³-hybridized carbons (Fsp3) is 0.833. The van der Waals surface area contributed by atoms with Gasteiger partial charge in [-0.05, 0) is 25.3 Å². The van der Waals surface area contributed by atoms with E-state index in [9.17, 15) is 0 Å². The smallest absolute Gasteiger partial charge is 0.0912 e. The van der Waals surface area contributed by atoms with Gasteiger partial charge in [-0.3, -0.25) is 0 Å². The fourth-order valence-electron chi connectivity index (χ4n) is 1.73. The molecule has 0 aliphatic carbocycles. The van der Waals surface area contributed by atoms with Crippen molar-refractivity contribution >= 4 is 11.7 Å². The number of rotatable bonds is 8. The third kappa shape index (κ3) is 5.03. The molecule has 0 saturated heterocycles. The summed E-state index contributed by atoms with van der Waals surface area (Å²) in [5.41, 5.74) is 1.11. The highest BCUT2D eigenvalue weighted by molar-refractivity contribution is 6.99. The summed E-state index contributed by atoms with van der Waals surface area (Å²) in [6.07, 6.45) is 6.79. The Kier molecular flexibility index (Phi) is 6.57. The number of hydrogen-bond acceptors (Lipinski definition) is 4. The van der Waals surface area contributed by atoms with Crippen molar-refractivity contribution in [1.29, 1.82) is 0 Å². The van der Waals surface area contributed by atoms with Gasteiger partial charge in [-0.2, -0.15) is 8.75 Å². The average molecular weight is 241 g/mol. The van der Waals surface area contributed by atoms with Gasteiger partial charge in [0.25, 0.3) is 0 Å². The lowest BCUT2D eigenvalue weighted by Gasteiger charge is -2.16. The van der Waals surface area contributed by atoms with Crippen LogP contribution in [0.4, 0.5) is 0 Å². The molecule has 1 atom stereocenters. The van der Waals surface area contributed by atoms with Crippen LogP contribution in [0.3, 0.4) is 0 Å². The first-order valence-corrected chi connectivity index (χ1v) is 6.98. The summed E-state index contributed by atoms with van der Waals surface area (Å²) in [6.45, 7) is 7.80. The van der Waals surface area contributed by atoms with Crippen molar-refractivity contribution in [2.45, 2.75) is 52.5 Å². The lowest BCUT2D eigenvalue weighted by Crippen LogP contribution is -2.22. The van der Waals surface area contributed by atoms with Gasteiger partial charge in [0.05, 0.1) is 29.7 Å². The number of nitrogens with one attached hydrogen (secondary N) is 1. The van der Waals surface area contributed by atoms with Gasteiger partial charge in [-0.15, -0.1) is 0 Å². The van der Waals surface area contributed by atoms with Gasteiger partial charge in [-0.1, -0.05) is 33.6 Å². The van der Waals surface area contributed by atoms with Gasteiger partial charge < -0.3 is 5.32 Å². The normalized spacial score (nSPS) is 13.2. The zero-order chi connectivity index (χ0) is 11.8. The average Bonchev–Trinajstić information content (AvgIpc) is 2.75. The van der Waals surface area contributed by atoms with Gasteiger partial charge in [0.15, 0.2) is 0 Å². The lowest BCUT2D eigenvalue weighted by atomic mass is 10.0. The molecule has 0 aliphatic rings. The monoisotopic (exact) mass is 241 g/mol. The molecule has 1 N–H and O–H groups in total. The molecule has 0 fully saturated rings. The third-order valence-corrected chi connectivity index (χ3v) is 3.14. The number of hydrogen-bond donors (Lipinski definition) is 1. The van der Waals surface area contributed by atoms with Crippen LogP contribution in [0.15, 0.2) is 6.20 Å². The minimum Gasteiger partial charge on any atom is -0.309 e. The van der Waals surface area contributed by atoms with Gasteiger partial charge in [-0.25, -0.2) is 0 Å². The Morgan fingerprint density at radius 1 is 1.38 bits per heavy atom. The van der Waals surface area contributed by atoms with Gasteiger partial charge in [0.2, 0.25) is 0 Å². The summed E-state index contributed by atoms with van der Waals surface area (Å²) >= 11 is 1.30. The molecule has 0 aromatic carbocycles. The standard InChI is InChI=1S/C12H23N3S/c1-4-8-13-11(7-5-6-10(2)3)12-9-14-16-15-12/h9-11,13H,4-8H2,1-3H3. The molecule has 4 heteroatoms. The maximum Gasteiger partial charge on any atom is 0.0912 e. The second kappa shape index (κ2) is 7.74. The highest BCUT2D eigenvalue weighted by Gasteiger charge is 2.13. The van der Waals surface area contributed by atoms with E-state index < -0.39 is 0 Å². The van der Waals surface area contributed by atoms with Crippen molar-refractivity contribution in [2.75, 3.05) is 6.54 Å². The van der Waals surface area contributed by atoms with E-state index in [0.717, 1.165) is 24.6 Å². The van der Waals surface area contributed by atoms with Crippen molar-refractivity contribution in [3.05, 3.63) is 11.9 Å². The maximum atomic E-state index is 4.34. The fourth-order valence-corrected chi connectivity index (χ4v) is 2.20. The largest absolute Gasteiger partial charge is 0.309 e. The molecule has 0 radical (unpaired) electrons. The van der Waals surface area contributed by atoms with E-state index in [2.05, 4.69) is 34.8 Å². The second-order valence-corrected chi connectivity index (χ2v) is 5.22. The first kappa shape index (κ1) is 13.6. The Hall–Kier alpha value is -0.480. The Morgan fingerprint density at radius 3 is 2.75 bits per heavy atom. The minimum absolute atomic E-state index is 0.400. The van der Waals surface area contributed by atoms with E-state index in [1.165, 1.54) is 31.0 Å². The van der Waals surface area contributed by atoms with Crippen molar-refractivity contribution in [3.8, 4) is 0 Å². The van der Waals surface area contributed by atoms with E-state index in [0.29, 0.717) is 6.04 Å². The molecule has 1 heterocycles. The van der Waals surface area contributed by atoms with Crippen LogP contribution in [0.5, 0.6) is 0 Å². The Labute approximate surface area is 103 Å². The highest BCUT2D eigenvalue weighted by Crippen LogP contribution is 2.19. The summed E-state index contributed by atoms with van der Waals surface area (Å²) < 4.78 is 8.42. The van der Waals surface area contributed by atoms with E-state index in [1.807, 2.05) is 6.20 Å². The quantitative estimate of drug-likeness (QED) is 0.758.